The van der Waals surface area contributed by atoms with E-state index in [1.54, 1.807) is 18.7 Å². The van der Waals surface area contributed by atoms with Crippen LogP contribution < -0.4 is 0 Å². The largest absolute Gasteiger partial charge is 0.265 e. The minimum absolute atomic E-state index is 0.285. The summed E-state index contributed by atoms with van der Waals surface area (Å²) in [5.41, 5.74) is 12.1. The molecule has 0 fully saturated rings. The Hall–Kier alpha value is -11.5. The lowest BCUT2D eigenvalue weighted by atomic mass is 9.87. The minimum atomic E-state index is 0.285. The first-order valence-electron chi connectivity index (χ1n) is 44.4. The second-order valence-electron chi connectivity index (χ2n) is 41.2. The van der Waals surface area contributed by atoms with Crippen LogP contribution >= 0.6 is 0 Å². The third kappa shape index (κ3) is 67.7. The van der Waals surface area contributed by atoms with Crippen molar-refractivity contribution in [1.29, 1.82) is 0 Å². The van der Waals surface area contributed by atoms with Gasteiger partial charge in [0, 0.05) is 36.4 Å². The number of fused-ring (bicyclic) bond motifs is 5. The molecule has 13 aromatic carbocycles. The third-order valence-electron chi connectivity index (χ3n) is 14.9. The highest BCUT2D eigenvalue weighted by Crippen LogP contribution is 2.24. The second-order valence-corrected chi connectivity index (χ2v) is 41.2. The molecule has 4 heteroatoms. The van der Waals surface area contributed by atoms with Gasteiger partial charge in [-0.2, -0.15) is 0 Å². The first-order valence-corrected chi connectivity index (χ1v) is 44.4. The van der Waals surface area contributed by atoms with E-state index in [1.807, 2.05) is 110 Å². The zero-order valence-corrected chi connectivity index (χ0v) is 83.0. The van der Waals surface area contributed by atoms with Gasteiger partial charge in [0.05, 0.1) is 5.52 Å². The summed E-state index contributed by atoms with van der Waals surface area (Å²) in [5.74, 6) is 0.833. The summed E-state index contributed by atoms with van der Waals surface area (Å²) in [6.07, 6.45) is 10.5. The van der Waals surface area contributed by atoms with Crippen LogP contribution in [-0.2, 0) is 10.8 Å². The maximum absolute atomic E-state index is 4.07. The smallest absolute Gasteiger partial charge is 0.116 e. The van der Waals surface area contributed by atoms with Crippen molar-refractivity contribution in [3.05, 3.63) is 424 Å². The van der Waals surface area contributed by atoms with Crippen molar-refractivity contribution < 1.29 is 0 Å². The monoisotopic (exact) mass is 1670 g/mol. The molecule has 125 heavy (non-hydrogen) atoms. The maximum atomic E-state index is 4.07. The van der Waals surface area contributed by atoms with Gasteiger partial charge in [0.2, 0.25) is 0 Å². The molecule has 0 radical (unpaired) electrons. The molecular weight excluding hydrogens is 1510 g/mol. The molecule has 0 unspecified atom stereocenters. The average Bonchev–Trinajstić information content (AvgIpc) is 0.882. The van der Waals surface area contributed by atoms with Gasteiger partial charge in [0.15, 0.2) is 0 Å². The van der Waals surface area contributed by atoms with Crippen LogP contribution in [0.2, 0.25) is 0 Å². The number of hydrogen-bond acceptors (Lipinski definition) is 4. The Morgan fingerprint density at radius 1 is 0.192 bits per heavy atom. The van der Waals surface area contributed by atoms with Gasteiger partial charge >= 0.3 is 0 Å². The molecule has 3 aromatic heterocycles. The molecule has 0 spiro atoms. The fourth-order valence-electron chi connectivity index (χ4n) is 9.45. The van der Waals surface area contributed by atoms with Crippen molar-refractivity contribution >= 4 is 54.0 Å². The molecule has 0 aliphatic carbocycles. The predicted molar refractivity (Wildman–Crippen MR) is 562 cm³/mol. The van der Waals surface area contributed by atoms with E-state index in [0.29, 0.717) is 32.5 Å². The van der Waals surface area contributed by atoms with E-state index in [-0.39, 0.29) is 5.41 Å². The SMILES string of the molecule is CC(C)(C)C.CC(C)(C)C.CC(C)(C)C.CC(C)(C)C.CC(C)(C)C.CC(C)(C)c1ccccc1.CC(C)C.Cc1ccc(C(C)(C)C)cc1.Cc1ccccc1.c1ccc(-c2ccccc2)cc1.c1ccc2ccccc2c1.c1ccc2ccccc2c1.c1ccc2ccccc2c1.c1ccc2cnccc2c1.c1ccc2ncncc2c1.c1ccncc1. The Balaban J connectivity index is 0.000000674. The molecule has 3 heterocycles. The van der Waals surface area contributed by atoms with Crippen LogP contribution in [0.15, 0.2) is 401 Å². The number of nitrogens with zero attached hydrogens (tertiary/aromatic N) is 4. The van der Waals surface area contributed by atoms with Crippen molar-refractivity contribution in [3.63, 3.8) is 0 Å². The van der Waals surface area contributed by atoms with Crippen molar-refractivity contribution in [2.24, 2.45) is 33.0 Å². The summed E-state index contributed by atoms with van der Waals surface area (Å²) < 4.78 is 0. The molecule has 4 nitrogen and oxygen atoms in total. The van der Waals surface area contributed by atoms with Gasteiger partial charge < -0.3 is 0 Å². The van der Waals surface area contributed by atoms with Gasteiger partial charge in [-0.05, 0) is 147 Å². The number of pyridine rings is 2. The van der Waals surface area contributed by atoms with Gasteiger partial charge in [-0.1, -0.05) is 552 Å². The van der Waals surface area contributed by atoms with Gasteiger partial charge in [-0.3, -0.25) is 9.97 Å². The average molecular weight is 1670 g/mol. The zero-order valence-electron chi connectivity index (χ0n) is 83.0. The summed E-state index contributed by atoms with van der Waals surface area (Å²) in [6.45, 7) is 67.8. The van der Waals surface area contributed by atoms with E-state index in [1.165, 1.54) is 76.5 Å². The van der Waals surface area contributed by atoms with Gasteiger partial charge in [-0.25, -0.2) is 9.97 Å². The lowest BCUT2D eigenvalue weighted by Crippen LogP contribution is -2.10. The Morgan fingerprint density at radius 2 is 0.408 bits per heavy atom. The van der Waals surface area contributed by atoms with E-state index in [9.17, 15) is 0 Å². The van der Waals surface area contributed by atoms with Crippen LogP contribution in [0, 0.1) is 46.8 Å². The van der Waals surface area contributed by atoms with Crippen molar-refractivity contribution in [2.75, 3.05) is 0 Å². The van der Waals surface area contributed by atoms with Gasteiger partial charge in [-0.15, -0.1) is 0 Å². The van der Waals surface area contributed by atoms with E-state index >= 15 is 0 Å². The number of para-hydroxylation sites is 1. The van der Waals surface area contributed by atoms with Crippen molar-refractivity contribution in [3.8, 4) is 11.1 Å². The molecule has 0 bridgehead atoms. The molecule has 0 saturated heterocycles. The summed E-state index contributed by atoms with van der Waals surface area (Å²) in [5, 5.41) is 11.4. The summed E-state index contributed by atoms with van der Waals surface area (Å²) >= 11 is 0. The van der Waals surface area contributed by atoms with Crippen LogP contribution in [-0.4, -0.2) is 19.9 Å². The Bertz CT molecular complexity index is 4350. The topological polar surface area (TPSA) is 51.6 Å². The highest BCUT2D eigenvalue weighted by Gasteiger charge is 2.13. The molecule has 0 aliphatic rings. The normalized spacial score (nSPS) is 10.4. The van der Waals surface area contributed by atoms with Crippen LogP contribution in [0.4, 0.5) is 0 Å². The van der Waals surface area contributed by atoms with E-state index in [0.717, 1.165) is 16.8 Å². The van der Waals surface area contributed by atoms with Crippen LogP contribution in [0.1, 0.15) is 223 Å². The highest BCUT2D eigenvalue weighted by molar-refractivity contribution is 5.84. The van der Waals surface area contributed by atoms with E-state index in [4.69, 9.17) is 0 Å². The Kier molecular flexibility index (Phi) is 54.4. The fourth-order valence-corrected chi connectivity index (χ4v) is 9.45. The molecule has 16 aromatic rings. The predicted octanol–water partition coefficient (Wildman–Crippen LogP) is 37.0. The summed E-state index contributed by atoms with van der Waals surface area (Å²) in [4.78, 5) is 15.8. The second kappa shape index (κ2) is 61.0. The molecule has 664 valence electrons. The first kappa shape index (κ1) is 112. The van der Waals surface area contributed by atoms with Crippen LogP contribution in [0.5, 0.6) is 0 Å². The Labute approximate surface area is 762 Å². The summed E-state index contributed by atoms with van der Waals surface area (Å²) in [6, 6.07) is 124. The van der Waals surface area contributed by atoms with E-state index < -0.39 is 0 Å². The molecule has 0 aliphatic heterocycles. The first-order chi connectivity index (χ1) is 58.5. The van der Waals surface area contributed by atoms with E-state index in [2.05, 4.69) is 508 Å². The van der Waals surface area contributed by atoms with Gasteiger partial charge in [0.25, 0.3) is 0 Å². The minimum Gasteiger partial charge on any atom is -0.265 e. The summed E-state index contributed by atoms with van der Waals surface area (Å²) in [7, 11) is 0. The molecule has 0 atom stereocenters. The standard InChI is InChI=1S/C12H10.C11H16.3C10H8.C10H14.C9H7N.C8H6N2.C7H8.C5H5N.5C5H12.C4H10/c1-3-7-11(8-4-1)12-9-5-2-6-10-12;1-9-5-7-10(8-6-9)11(2,3)4;3*1-2-6-10-8-4-3-7-9(10)5-1;1-10(2,3)9-7-5-4-6-8-9;1-2-4-9-7-10-6-5-8(9)3-1;1-2-4-8-7(3-1)5-9-6-10-8;1-7-5-3-2-4-6-7;1-2-4-6-5-3-1;5*1-5(2,3)4;1-4(2)3/h1-10H;5-8H,1-4H3;3*1-8H;4-8H,1-3H3;1-7H;1-6H;2-6H,1H3;1-5H;5*1-4H3;4H,1-3H3. The molecule has 16 rings (SSSR count). The quantitative estimate of drug-likeness (QED) is 0.164. The zero-order chi connectivity index (χ0) is 93.8. The number of aryl methyl sites for hydroxylation is 2. The maximum Gasteiger partial charge on any atom is 0.116 e. The Morgan fingerprint density at radius 3 is 0.640 bits per heavy atom. The number of benzene rings is 13. The molecular formula is C121H160N4. The highest BCUT2D eigenvalue weighted by atomic mass is 14.8. The molecule has 0 amide bonds. The molecule has 0 saturated carbocycles. The number of hydrogen-bond donors (Lipinski definition) is 0. The fraction of sp³-hybridized carbons (Fsp3) is 0.322. The van der Waals surface area contributed by atoms with Crippen molar-refractivity contribution in [2.45, 2.75) is 225 Å². The number of rotatable bonds is 1. The van der Waals surface area contributed by atoms with Crippen molar-refractivity contribution in [1.82, 2.24) is 19.9 Å². The lowest BCUT2D eigenvalue weighted by Gasteiger charge is -2.18. The molecule has 0 N–H and O–H groups in total. The van der Waals surface area contributed by atoms with Crippen LogP contribution in [0.25, 0.3) is 65.1 Å². The number of aromatic nitrogens is 4. The lowest BCUT2D eigenvalue weighted by molar-refractivity contribution is 0.469. The third-order valence-corrected chi connectivity index (χ3v) is 14.9. The van der Waals surface area contributed by atoms with Gasteiger partial charge in [0.1, 0.15) is 6.33 Å². The van der Waals surface area contributed by atoms with Crippen LogP contribution in [0.3, 0.4) is 0 Å².